The Morgan fingerprint density at radius 2 is 1.45 bits per heavy atom. The third-order valence-corrected chi connectivity index (χ3v) is 7.20. The van der Waals surface area contributed by atoms with Crippen LogP contribution in [0, 0.1) is 0 Å². The van der Waals surface area contributed by atoms with E-state index in [2.05, 4.69) is 36.4 Å². The largest absolute Gasteiger partial charge is 0.497 e. The first kappa shape index (κ1) is 21.5. The van der Waals surface area contributed by atoms with Gasteiger partial charge in [-0.2, -0.15) is 0 Å². The van der Waals surface area contributed by atoms with Gasteiger partial charge < -0.3 is 19.7 Å². The lowest BCUT2D eigenvalue weighted by molar-refractivity contribution is 0.0617. The fraction of sp³-hybridized carbons (Fsp3) is 0.480. The van der Waals surface area contributed by atoms with Crippen LogP contribution in [0.15, 0.2) is 48.5 Å². The van der Waals surface area contributed by atoms with Crippen LogP contribution < -0.4 is 14.8 Å². The third kappa shape index (κ3) is 4.09. The van der Waals surface area contributed by atoms with Gasteiger partial charge in [-0.15, -0.1) is 0 Å². The molecule has 1 aliphatic carbocycles. The summed E-state index contributed by atoms with van der Waals surface area (Å²) in [6.07, 6.45) is 3.93. The van der Waals surface area contributed by atoms with Crippen molar-refractivity contribution in [1.82, 2.24) is 15.1 Å². The van der Waals surface area contributed by atoms with Gasteiger partial charge in [0.2, 0.25) is 0 Å². The van der Waals surface area contributed by atoms with Crippen LogP contribution in [-0.2, 0) is 12.1 Å². The Morgan fingerprint density at radius 3 is 1.97 bits per heavy atom. The monoisotopic (exact) mass is 423 g/mol. The lowest BCUT2D eigenvalue weighted by Gasteiger charge is -2.48. The summed E-state index contributed by atoms with van der Waals surface area (Å²) >= 11 is 0. The number of ether oxygens (including phenoxy) is 2. The first-order valence-electron chi connectivity index (χ1n) is 10.9. The maximum absolute atomic E-state index is 12.8. The van der Waals surface area contributed by atoms with E-state index < -0.39 is 0 Å². The van der Waals surface area contributed by atoms with Gasteiger partial charge in [-0.3, -0.25) is 4.90 Å². The first-order valence-corrected chi connectivity index (χ1v) is 10.9. The normalized spacial score (nSPS) is 25.7. The van der Waals surface area contributed by atoms with Crippen LogP contribution in [0.3, 0.4) is 0 Å². The fourth-order valence-electron chi connectivity index (χ4n) is 5.18. The number of rotatable bonds is 6. The minimum Gasteiger partial charge on any atom is -0.497 e. The summed E-state index contributed by atoms with van der Waals surface area (Å²) in [6.45, 7) is 1.37. The third-order valence-electron chi connectivity index (χ3n) is 7.20. The highest BCUT2D eigenvalue weighted by Crippen LogP contribution is 2.46. The second-order valence-corrected chi connectivity index (χ2v) is 9.07. The summed E-state index contributed by atoms with van der Waals surface area (Å²) < 4.78 is 10.6. The molecular formula is C25H33N3O3. The second kappa shape index (κ2) is 8.42. The van der Waals surface area contributed by atoms with Gasteiger partial charge in [-0.05, 0) is 75.2 Å². The van der Waals surface area contributed by atoms with Crippen LogP contribution in [0.5, 0.6) is 11.5 Å². The number of nitrogens with one attached hydrogen (secondary N) is 1. The molecule has 0 atom stereocenters. The molecule has 2 aromatic rings. The number of carbonyl (C=O) groups is 1. The van der Waals surface area contributed by atoms with Crippen molar-refractivity contribution in [2.45, 2.75) is 43.3 Å². The molecule has 31 heavy (non-hydrogen) atoms. The van der Waals surface area contributed by atoms with Crippen molar-refractivity contribution in [3.8, 4) is 11.5 Å². The van der Waals surface area contributed by atoms with Crippen LogP contribution in [0.1, 0.15) is 36.8 Å². The van der Waals surface area contributed by atoms with Gasteiger partial charge in [0.25, 0.3) is 0 Å². The Bertz CT molecular complexity index is 901. The Labute approximate surface area is 185 Å². The zero-order valence-electron chi connectivity index (χ0n) is 19.0. The highest BCUT2D eigenvalue weighted by molar-refractivity contribution is 5.78. The van der Waals surface area contributed by atoms with Crippen molar-refractivity contribution < 1.29 is 14.3 Å². The molecule has 166 valence electrons. The predicted molar refractivity (Wildman–Crippen MR) is 121 cm³/mol. The standard InChI is InChI=1S/C25H33N3O3/c1-27(2)25(20-7-11-22(31-4)12-8-20)15-13-24(14-16-25)18-28(23(29)26-24)17-19-5-9-21(30-3)10-6-19/h5-12H,13-18H2,1-4H3,(H,26,29)/t24-,25+. The van der Waals surface area contributed by atoms with Crippen LogP contribution in [0.2, 0.25) is 0 Å². The maximum atomic E-state index is 12.8. The summed E-state index contributed by atoms with van der Waals surface area (Å²) in [6, 6.07) is 16.4. The highest BCUT2D eigenvalue weighted by atomic mass is 16.5. The molecule has 2 aromatic carbocycles. The van der Waals surface area contributed by atoms with E-state index in [0.29, 0.717) is 6.54 Å². The molecule has 1 spiro atoms. The summed E-state index contributed by atoms with van der Waals surface area (Å²) in [5, 5.41) is 3.33. The number of hydrogen-bond donors (Lipinski definition) is 1. The average Bonchev–Trinajstić information content (AvgIpc) is 3.09. The molecule has 2 amide bonds. The average molecular weight is 424 g/mol. The molecular weight excluding hydrogens is 390 g/mol. The lowest BCUT2D eigenvalue weighted by atomic mass is 9.69. The number of amides is 2. The van der Waals surface area contributed by atoms with Crippen molar-refractivity contribution in [2.24, 2.45) is 0 Å². The van der Waals surface area contributed by atoms with E-state index in [0.717, 1.165) is 49.3 Å². The van der Waals surface area contributed by atoms with E-state index in [1.165, 1.54) is 5.56 Å². The van der Waals surface area contributed by atoms with Crippen molar-refractivity contribution in [3.63, 3.8) is 0 Å². The van der Waals surface area contributed by atoms with Crippen molar-refractivity contribution in [1.29, 1.82) is 0 Å². The van der Waals surface area contributed by atoms with Crippen molar-refractivity contribution in [3.05, 3.63) is 59.7 Å². The number of nitrogens with zero attached hydrogens (tertiary/aromatic N) is 2. The number of urea groups is 1. The molecule has 1 saturated carbocycles. The van der Waals surface area contributed by atoms with E-state index in [1.54, 1.807) is 14.2 Å². The summed E-state index contributed by atoms with van der Waals surface area (Å²) in [7, 11) is 7.67. The Hall–Kier alpha value is -2.73. The number of benzene rings is 2. The summed E-state index contributed by atoms with van der Waals surface area (Å²) in [5.74, 6) is 1.71. The molecule has 2 fully saturated rings. The molecule has 0 bridgehead atoms. The van der Waals surface area contributed by atoms with E-state index in [4.69, 9.17) is 9.47 Å². The Morgan fingerprint density at radius 1 is 0.903 bits per heavy atom. The molecule has 0 unspecified atom stereocenters. The number of methoxy groups -OCH3 is 2. The highest BCUT2D eigenvalue weighted by Gasteiger charge is 2.49. The number of carbonyl (C=O) groups excluding carboxylic acids is 1. The summed E-state index contributed by atoms with van der Waals surface area (Å²) in [4.78, 5) is 17.1. The van der Waals surface area contributed by atoms with Crippen LogP contribution in [-0.4, -0.2) is 56.2 Å². The fourth-order valence-corrected chi connectivity index (χ4v) is 5.18. The second-order valence-electron chi connectivity index (χ2n) is 9.07. The quantitative estimate of drug-likeness (QED) is 0.763. The number of hydrogen-bond acceptors (Lipinski definition) is 4. The van der Waals surface area contributed by atoms with E-state index >= 15 is 0 Å². The van der Waals surface area contributed by atoms with E-state index in [-0.39, 0.29) is 17.1 Å². The molecule has 2 aliphatic rings. The van der Waals surface area contributed by atoms with Gasteiger partial charge in [0.05, 0.1) is 19.8 Å². The molecule has 1 aliphatic heterocycles. The van der Waals surface area contributed by atoms with Gasteiger partial charge >= 0.3 is 6.03 Å². The minimum atomic E-state index is -0.143. The zero-order valence-corrected chi connectivity index (χ0v) is 19.0. The molecule has 4 rings (SSSR count). The Kier molecular flexibility index (Phi) is 5.84. The smallest absolute Gasteiger partial charge is 0.318 e. The van der Waals surface area contributed by atoms with Crippen LogP contribution >= 0.6 is 0 Å². The molecule has 0 aromatic heterocycles. The van der Waals surface area contributed by atoms with Gasteiger partial charge in [0, 0.05) is 18.6 Å². The van der Waals surface area contributed by atoms with Crippen molar-refractivity contribution in [2.75, 3.05) is 34.9 Å². The SMILES string of the molecule is COc1ccc(CN2C[C@]3(CC[C@](c4ccc(OC)cc4)(N(C)C)CC3)NC2=O)cc1. The molecule has 6 nitrogen and oxygen atoms in total. The van der Waals surface area contributed by atoms with Gasteiger partial charge in [-0.1, -0.05) is 24.3 Å². The van der Waals surface area contributed by atoms with Crippen molar-refractivity contribution >= 4 is 6.03 Å². The molecule has 1 N–H and O–H groups in total. The zero-order chi connectivity index (χ0) is 22.1. The summed E-state index contributed by atoms with van der Waals surface area (Å²) in [5.41, 5.74) is 2.26. The Balaban J connectivity index is 1.46. The molecule has 6 heteroatoms. The predicted octanol–water partition coefficient (Wildman–Crippen LogP) is 4.00. The van der Waals surface area contributed by atoms with Gasteiger partial charge in [0.1, 0.15) is 11.5 Å². The van der Waals surface area contributed by atoms with Crippen LogP contribution in [0.25, 0.3) is 0 Å². The van der Waals surface area contributed by atoms with Crippen LogP contribution in [0.4, 0.5) is 4.79 Å². The van der Waals surface area contributed by atoms with E-state index in [9.17, 15) is 4.79 Å². The van der Waals surface area contributed by atoms with E-state index in [1.807, 2.05) is 41.3 Å². The van der Waals surface area contributed by atoms with Gasteiger partial charge in [-0.25, -0.2) is 4.79 Å². The molecule has 1 heterocycles. The molecule has 1 saturated heterocycles. The maximum Gasteiger partial charge on any atom is 0.318 e. The minimum absolute atomic E-state index is 0.0222. The topological polar surface area (TPSA) is 54.0 Å². The lowest BCUT2D eigenvalue weighted by Crippen LogP contribution is -2.54. The van der Waals surface area contributed by atoms with Gasteiger partial charge in [0.15, 0.2) is 0 Å². The molecule has 0 radical (unpaired) electrons. The first-order chi connectivity index (χ1) is 14.9.